The fraction of sp³-hybridized carbons (Fsp3) is 0.308. The van der Waals surface area contributed by atoms with Crippen molar-refractivity contribution in [3.05, 3.63) is 52.8 Å². The number of hydrogen-bond donors (Lipinski definition) is 1. The van der Waals surface area contributed by atoms with Crippen LogP contribution in [0.2, 0.25) is 0 Å². The van der Waals surface area contributed by atoms with Crippen molar-refractivity contribution in [3.8, 4) is 0 Å². The Balaban J connectivity index is 2.33. The van der Waals surface area contributed by atoms with Gasteiger partial charge in [-0.1, -0.05) is 18.2 Å². The quantitative estimate of drug-likeness (QED) is 0.930. The molecular weight excluding hydrogens is 255 g/mol. The van der Waals surface area contributed by atoms with Gasteiger partial charge in [-0.2, -0.15) is 18.3 Å². The van der Waals surface area contributed by atoms with Crippen LogP contribution in [0, 0.1) is 0 Å². The van der Waals surface area contributed by atoms with E-state index in [0.717, 1.165) is 11.8 Å². The first-order chi connectivity index (χ1) is 8.91. The summed E-state index contributed by atoms with van der Waals surface area (Å²) in [6, 6.07) is 7.27. The van der Waals surface area contributed by atoms with Crippen LogP contribution in [-0.2, 0) is 26.2 Å². The molecule has 0 saturated carbocycles. The van der Waals surface area contributed by atoms with Crippen LogP contribution in [0.15, 0.2) is 30.3 Å². The zero-order chi connectivity index (χ0) is 14.0. The summed E-state index contributed by atoms with van der Waals surface area (Å²) < 4.78 is 40.2. The van der Waals surface area contributed by atoms with E-state index in [9.17, 15) is 13.2 Å². The molecule has 2 N–H and O–H groups in total. The summed E-state index contributed by atoms with van der Waals surface area (Å²) in [6.07, 6.45) is -4.20. The summed E-state index contributed by atoms with van der Waals surface area (Å²) in [5.74, 6) is 0. The summed E-state index contributed by atoms with van der Waals surface area (Å²) in [5.41, 5.74) is 6.49. The van der Waals surface area contributed by atoms with Crippen LogP contribution < -0.4 is 5.73 Å². The third-order valence-electron chi connectivity index (χ3n) is 2.93. The summed E-state index contributed by atoms with van der Waals surface area (Å²) in [7, 11) is 1.72. The number of benzene rings is 1. The minimum atomic E-state index is -4.35. The van der Waals surface area contributed by atoms with E-state index in [4.69, 9.17) is 5.73 Å². The van der Waals surface area contributed by atoms with E-state index in [-0.39, 0.29) is 12.0 Å². The highest BCUT2D eigenvalue weighted by atomic mass is 19.4. The third-order valence-corrected chi connectivity index (χ3v) is 2.93. The van der Waals surface area contributed by atoms with E-state index >= 15 is 0 Å². The number of nitrogens with two attached hydrogens (primary N) is 1. The first kappa shape index (κ1) is 13.6. The Morgan fingerprint density at radius 3 is 2.53 bits per heavy atom. The normalized spacial score (nSPS) is 11.8. The maximum atomic E-state index is 12.9. The van der Waals surface area contributed by atoms with Crippen LogP contribution in [0.1, 0.15) is 22.5 Å². The van der Waals surface area contributed by atoms with E-state index in [1.807, 2.05) is 0 Å². The van der Waals surface area contributed by atoms with Crippen LogP contribution in [0.3, 0.4) is 0 Å². The largest absolute Gasteiger partial charge is 0.416 e. The summed E-state index contributed by atoms with van der Waals surface area (Å²) >= 11 is 0. The smallest absolute Gasteiger partial charge is 0.325 e. The fourth-order valence-electron chi connectivity index (χ4n) is 2.00. The standard InChI is InChI=1S/C13H14F3N3/c1-19-11(8-17)7-10(18-19)6-9-4-2-3-5-12(9)13(14,15)16/h2-5,7H,6,8,17H2,1H3. The number of hydrogen-bond acceptors (Lipinski definition) is 2. The Hall–Kier alpha value is -1.82. The summed E-state index contributed by atoms with van der Waals surface area (Å²) in [6.45, 7) is 0.310. The molecule has 19 heavy (non-hydrogen) atoms. The van der Waals surface area contributed by atoms with Crippen LogP contribution in [0.25, 0.3) is 0 Å². The zero-order valence-electron chi connectivity index (χ0n) is 10.4. The van der Waals surface area contributed by atoms with Crippen molar-refractivity contribution in [2.45, 2.75) is 19.1 Å². The molecule has 0 spiro atoms. The van der Waals surface area contributed by atoms with Crippen LogP contribution >= 0.6 is 0 Å². The van der Waals surface area contributed by atoms with Crippen LogP contribution in [-0.4, -0.2) is 9.78 Å². The topological polar surface area (TPSA) is 43.8 Å². The molecule has 3 nitrogen and oxygen atoms in total. The van der Waals surface area contributed by atoms with Gasteiger partial charge in [0.05, 0.1) is 17.0 Å². The molecule has 0 bridgehead atoms. The SMILES string of the molecule is Cn1nc(Cc2ccccc2C(F)(F)F)cc1CN. The van der Waals surface area contributed by atoms with E-state index < -0.39 is 11.7 Å². The first-order valence-corrected chi connectivity index (χ1v) is 5.78. The minimum Gasteiger partial charge on any atom is -0.325 e. The summed E-state index contributed by atoms with van der Waals surface area (Å²) in [5, 5.41) is 4.17. The van der Waals surface area contributed by atoms with Crippen molar-refractivity contribution >= 4 is 0 Å². The van der Waals surface area contributed by atoms with E-state index in [1.165, 1.54) is 12.1 Å². The molecule has 1 aromatic carbocycles. The number of rotatable bonds is 3. The van der Waals surface area contributed by atoms with Gasteiger partial charge >= 0.3 is 6.18 Å². The predicted molar refractivity (Wildman–Crippen MR) is 65.3 cm³/mol. The lowest BCUT2D eigenvalue weighted by Crippen LogP contribution is -2.09. The lowest BCUT2D eigenvalue weighted by Gasteiger charge is -2.11. The predicted octanol–water partition coefficient (Wildman–Crippen LogP) is 2.49. The third kappa shape index (κ3) is 2.96. The van der Waals surface area contributed by atoms with Gasteiger partial charge < -0.3 is 5.73 Å². The number of halogens is 3. The maximum absolute atomic E-state index is 12.9. The van der Waals surface area contributed by atoms with Crippen molar-refractivity contribution in [2.75, 3.05) is 0 Å². The van der Waals surface area contributed by atoms with Gasteiger partial charge in [-0.3, -0.25) is 4.68 Å². The molecule has 0 fully saturated rings. The number of aryl methyl sites for hydroxylation is 1. The Kier molecular flexibility index (Phi) is 3.61. The Morgan fingerprint density at radius 1 is 1.26 bits per heavy atom. The van der Waals surface area contributed by atoms with Gasteiger partial charge in [0.25, 0.3) is 0 Å². The highest BCUT2D eigenvalue weighted by Gasteiger charge is 2.32. The number of nitrogens with zero attached hydrogens (tertiary/aromatic N) is 2. The molecule has 0 atom stereocenters. The Labute approximate surface area is 108 Å². The molecule has 1 heterocycles. The van der Waals surface area contributed by atoms with E-state index in [0.29, 0.717) is 12.2 Å². The van der Waals surface area contributed by atoms with Gasteiger partial charge in [0.2, 0.25) is 0 Å². The van der Waals surface area contributed by atoms with Crippen molar-refractivity contribution in [1.29, 1.82) is 0 Å². The van der Waals surface area contributed by atoms with E-state index in [1.54, 1.807) is 23.9 Å². The molecule has 1 aromatic heterocycles. The van der Waals surface area contributed by atoms with Gasteiger partial charge in [0, 0.05) is 20.0 Å². The van der Waals surface area contributed by atoms with E-state index in [2.05, 4.69) is 5.10 Å². The molecule has 102 valence electrons. The van der Waals surface area contributed by atoms with Crippen molar-refractivity contribution in [2.24, 2.45) is 12.8 Å². The highest BCUT2D eigenvalue weighted by Crippen LogP contribution is 2.32. The van der Waals surface area contributed by atoms with Gasteiger partial charge in [0.1, 0.15) is 0 Å². The molecular formula is C13H14F3N3. The second-order valence-corrected chi connectivity index (χ2v) is 4.29. The van der Waals surface area contributed by atoms with Crippen molar-refractivity contribution in [3.63, 3.8) is 0 Å². The van der Waals surface area contributed by atoms with Crippen LogP contribution in [0.5, 0.6) is 0 Å². The summed E-state index contributed by atoms with van der Waals surface area (Å²) in [4.78, 5) is 0. The van der Waals surface area contributed by atoms with Gasteiger partial charge in [-0.15, -0.1) is 0 Å². The number of alkyl halides is 3. The van der Waals surface area contributed by atoms with Crippen molar-refractivity contribution in [1.82, 2.24) is 9.78 Å². The second-order valence-electron chi connectivity index (χ2n) is 4.29. The highest BCUT2D eigenvalue weighted by molar-refractivity contribution is 5.33. The monoisotopic (exact) mass is 269 g/mol. The Morgan fingerprint density at radius 2 is 1.95 bits per heavy atom. The average Bonchev–Trinajstić information content (AvgIpc) is 2.69. The molecule has 0 amide bonds. The lowest BCUT2D eigenvalue weighted by atomic mass is 10.0. The van der Waals surface area contributed by atoms with Gasteiger partial charge in [-0.25, -0.2) is 0 Å². The first-order valence-electron chi connectivity index (χ1n) is 5.78. The molecule has 6 heteroatoms. The molecule has 2 rings (SSSR count). The average molecular weight is 269 g/mol. The molecule has 0 radical (unpaired) electrons. The maximum Gasteiger partial charge on any atom is 0.416 e. The van der Waals surface area contributed by atoms with Crippen molar-refractivity contribution < 1.29 is 13.2 Å². The second kappa shape index (κ2) is 5.05. The molecule has 0 saturated heterocycles. The molecule has 2 aromatic rings. The minimum absolute atomic E-state index is 0.142. The molecule has 0 unspecified atom stereocenters. The van der Waals surface area contributed by atoms with Gasteiger partial charge in [0.15, 0.2) is 0 Å². The Bertz CT molecular complexity index is 573. The molecule has 0 aliphatic heterocycles. The zero-order valence-corrected chi connectivity index (χ0v) is 10.4. The fourth-order valence-corrected chi connectivity index (χ4v) is 2.00. The molecule has 0 aliphatic carbocycles. The lowest BCUT2D eigenvalue weighted by molar-refractivity contribution is -0.138. The van der Waals surface area contributed by atoms with Crippen LogP contribution in [0.4, 0.5) is 13.2 Å². The number of aromatic nitrogens is 2. The molecule has 0 aliphatic rings. The van der Waals surface area contributed by atoms with Gasteiger partial charge in [-0.05, 0) is 17.7 Å².